The van der Waals surface area contributed by atoms with Crippen LogP contribution in [0.25, 0.3) is 0 Å². The first kappa shape index (κ1) is 23.6. The SMILES string of the molecule is CC(Cc1nncn1C)c1cc(OCC(F)F)nc(N2Cc3c(cccc3C(F)(F)F)C2=O)c1. The predicted molar refractivity (Wildman–Crippen MR) is 111 cm³/mol. The lowest BCUT2D eigenvalue weighted by Gasteiger charge is -2.20. The number of halogens is 5. The lowest BCUT2D eigenvalue weighted by Crippen LogP contribution is -2.25. The number of anilines is 1. The molecule has 0 saturated heterocycles. The van der Waals surface area contributed by atoms with Crippen molar-refractivity contribution in [3.05, 3.63) is 64.7 Å². The Morgan fingerprint density at radius 1 is 1.21 bits per heavy atom. The molecule has 1 unspecified atom stereocenters. The first-order chi connectivity index (χ1) is 16.0. The molecular weight excluding hydrogens is 461 g/mol. The molecule has 1 amide bonds. The van der Waals surface area contributed by atoms with E-state index in [1.165, 1.54) is 24.5 Å². The molecule has 4 rings (SSSR count). The van der Waals surface area contributed by atoms with Crippen molar-refractivity contribution in [3.8, 4) is 5.88 Å². The third kappa shape index (κ3) is 4.70. The number of aromatic nitrogens is 4. The molecule has 3 heterocycles. The summed E-state index contributed by atoms with van der Waals surface area (Å²) >= 11 is 0. The van der Waals surface area contributed by atoms with Gasteiger partial charge in [0, 0.05) is 25.1 Å². The van der Waals surface area contributed by atoms with Gasteiger partial charge < -0.3 is 9.30 Å². The zero-order valence-electron chi connectivity index (χ0n) is 18.2. The van der Waals surface area contributed by atoms with Gasteiger partial charge in [-0.2, -0.15) is 18.2 Å². The van der Waals surface area contributed by atoms with Gasteiger partial charge >= 0.3 is 6.18 Å². The number of carbonyl (C=O) groups excluding carboxylic acids is 1. The molecule has 1 aliphatic heterocycles. The van der Waals surface area contributed by atoms with E-state index in [0.29, 0.717) is 17.8 Å². The fraction of sp³-hybridized carbons (Fsp3) is 0.364. The van der Waals surface area contributed by atoms with Crippen molar-refractivity contribution in [2.24, 2.45) is 7.05 Å². The van der Waals surface area contributed by atoms with E-state index >= 15 is 0 Å². The van der Waals surface area contributed by atoms with Crippen LogP contribution in [0.2, 0.25) is 0 Å². The Balaban J connectivity index is 1.70. The molecular formula is C22H20F5N5O2. The van der Waals surface area contributed by atoms with E-state index in [4.69, 9.17) is 4.74 Å². The molecule has 0 spiro atoms. The monoisotopic (exact) mass is 481 g/mol. The van der Waals surface area contributed by atoms with Crippen LogP contribution in [-0.4, -0.2) is 38.7 Å². The van der Waals surface area contributed by atoms with E-state index in [1.807, 2.05) is 6.92 Å². The second kappa shape index (κ2) is 8.99. The Bertz CT molecular complexity index is 1210. The van der Waals surface area contributed by atoms with Gasteiger partial charge in [0.1, 0.15) is 18.0 Å². The van der Waals surface area contributed by atoms with Gasteiger partial charge in [0.25, 0.3) is 12.3 Å². The number of rotatable bonds is 7. The molecule has 0 fully saturated rings. The van der Waals surface area contributed by atoms with Gasteiger partial charge in [0.05, 0.1) is 12.1 Å². The Hall–Kier alpha value is -3.57. The number of fused-ring (bicyclic) bond motifs is 1. The molecule has 1 aliphatic rings. The van der Waals surface area contributed by atoms with E-state index in [2.05, 4.69) is 15.2 Å². The maximum absolute atomic E-state index is 13.5. The molecule has 7 nitrogen and oxygen atoms in total. The summed E-state index contributed by atoms with van der Waals surface area (Å²) in [4.78, 5) is 18.2. The third-order valence-electron chi connectivity index (χ3n) is 5.58. The molecule has 12 heteroatoms. The zero-order chi connectivity index (χ0) is 24.6. The van der Waals surface area contributed by atoms with Crippen molar-refractivity contribution in [2.45, 2.75) is 38.4 Å². The third-order valence-corrected chi connectivity index (χ3v) is 5.58. The molecule has 0 N–H and O–H groups in total. The van der Waals surface area contributed by atoms with Crippen molar-refractivity contribution in [2.75, 3.05) is 11.5 Å². The molecule has 180 valence electrons. The molecule has 0 saturated carbocycles. The van der Waals surface area contributed by atoms with Crippen molar-refractivity contribution < 1.29 is 31.5 Å². The van der Waals surface area contributed by atoms with E-state index in [9.17, 15) is 26.7 Å². The van der Waals surface area contributed by atoms with Crippen molar-refractivity contribution in [1.29, 1.82) is 0 Å². The van der Waals surface area contributed by atoms with Gasteiger partial charge in [-0.15, -0.1) is 10.2 Å². The largest absolute Gasteiger partial charge is 0.472 e. The number of benzene rings is 1. The van der Waals surface area contributed by atoms with E-state index in [-0.39, 0.29) is 35.3 Å². The smallest absolute Gasteiger partial charge is 0.416 e. The normalized spacial score (nSPS) is 14.6. The number of pyridine rings is 1. The molecule has 3 aromatic rings. The summed E-state index contributed by atoms with van der Waals surface area (Å²) in [6.45, 7) is 0.583. The number of hydrogen-bond acceptors (Lipinski definition) is 5. The molecule has 1 atom stereocenters. The molecule has 0 radical (unpaired) electrons. The minimum Gasteiger partial charge on any atom is -0.472 e. The van der Waals surface area contributed by atoms with Gasteiger partial charge in [0.15, 0.2) is 6.61 Å². The molecule has 0 bridgehead atoms. The molecule has 2 aromatic heterocycles. The van der Waals surface area contributed by atoms with Crippen molar-refractivity contribution in [1.82, 2.24) is 19.7 Å². The highest BCUT2D eigenvalue weighted by molar-refractivity contribution is 6.09. The van der Waals surface area contributed by atoms with E-state index in [0.717, 1.165) is 11.0 Å². The number of alkyl halides is 5. The maximum Gasteiger partial charge on any atom is 0.416 e. The van der Waals surface area contributed by atoms with Gasteiger partial charge in [-0.1, -0.05) is 13.0 Å². The number of amides is 1. The topological polar surface area (TPSA) is 73.1 Å². The highest BCUT2D eigenvalue weighted by Gasteiger charge is 2.40. The molecule has 34 heavy (non-hydrogen) atoms. The molecule has 0 aliphatic carbocycles. The average molecular weight is 481 g/mol. The summed E-state index contributed by atoms with van der Waals surface area (Å²) in [5.74, 6) is -0.352. The van der Waals surface area contributed by atoms with Crippen LogP contribution in [0.1, 0.15) is 45.7 Å². The average Bonchev–Trinajstić information content (AvgIpc) is 3.34. The number of hydrogen-bond donors (Lipinski definition) is 0. The van der Waals surface area contributed by atoms with Crippen LogP contribution in [0.3, 0.4) is 0 Å². The Labute approximate surface area is 191 Å². The quantitative estimate of drug-likeness (QED) is 0.469. The first-order valence-corrected chi connectivity index (χ1v) is 10.3. The fourth-order valence-electron chi connectivity index (χ4n) is 3.82. The Morgan fingerprint density at radius 2 is 1.97 bits per heavy atom. The van der Waals surface area contributed by atoms with E-state index < -0.39 is 30.7 Å². The van der Waals surface area contributed by atoms with E-state index in [1.54, 1.807) is 17.7 Å². The summed E-state index contributed by atoms with van der Waals surface area (Å²) < 4.78 is 72.7. The lowest BCUT2D eigenvalue weighted by molar-refractivity contribution is -0.138. The minimum atomic E-state index is -4.63. The minimum absolute atomic E-state index is 0.0147. The second-order valence-corrected chi connectivity index (χ2v) is 7.98. The number of carbonyl (C=O) groups is 1. The van der Waals surface area contributed by atoms with Crippen LogP contribution in [0.15, 0.2) is 36.7 Å². The highest BCUT2D eigenvalue weighted by Crippen LogP contribution is 2.39. The summed E-state index contributed by atoms with van der Waals surface area (Å²) in [6, 6.07) is 6.43. The number of nitrogens with zero attached hydrogens (tertiary/aromatic N) is 5. The summed E-state index contributed by atoms with van der Waals surface area (Å²) in [5, 5.41) is 7.85. The number of aryl methyl sites for hydroxylation is 1. The summed E-state index contributed by atoms with van der Waals surface area (Å²) in [5.41, 5.74) is -0.544. The zero-order valence-corrected chi connectivity index (χ0v) is 18.2. The van der Waals surface area contributed by atoms with Crippen molar-refractivity contribution >= 4 is 11.7 Å². The summed E-state index contributed by atoms with van der Waals surface area (Å²) in [6.07, 6.45) is -5.42. The van der Waals surface area contributed by atoms with Gasteiger partial charge in [-0.3, -0.25) is 9.69 Å². The van der Waals surface area contributed by atoms with Gasteiger partial charge in [0.2, 0.25) is 5.88 Å². The fourth-order valence-corrected chi connectivity index (χ4v) is 3.82. The standard InChI is InChI=1S/C22H20F5N5O2/c1-12(6-19-30-28-11-31(19)2)13-7-18(29-20(8-13)34-10-17(23)24)32-9-15-14(21(32)33)4-3-5-16(15)22(25,26)27/h3-5,7-8,11-12,17H,6,9-10H2,1-2H3. The van der Waals surface area contributed by atoms with Crippen LogP contribution in [0, 0.1) is 0 Å². The Morgan fingerprint density at radius 3 is 2.62 bits per heavy atom. The molecule has 1 aromatic carbocycles. The van der Waals surface area contributed by atoms with Crippen LogP contribution in [0.4, 0.5) is 27.8 Å². The maximum atomic E-state index is 13.5. The van der Waals surface area contributed by atoms with Gasteiger partial charge in [-0.05, 0) is 35.2 Å². The van der Waals surface area contributed by atoms with Crippen molar-refractivity contribution in [3.63, 3.8) is 0 Å². The van der Waals surface area contributed by atoms with Crippen LogP contribution in [-0.2, 0) is 26.2 Å². The predicted octanol–water partition coefficient (Wildman–Crippen LogP) is 4.38. The second-order valence-electron chi connectivity index (χ2n) is 7.98. The number of ether oxygens (including phenoxy) is 1. The van der Waals surface area contributed by atoms with Crippen LogP contribution >= 0.6 is 0 Å². The summed E-state index contributed by atoms with van der Waals surface area (Å²) in [7, 11) is 1.77. The highest BCUT2D eigenvalue weighted by atomic mass is 19.4. The van der Waals surface area contributed by atoms with Crippen LogP contribution < -0.4 is 9.64 Å². The Kier molecular flexibility index (Phi) is 6.24. The van der Waals surface area contributed by atoms with Crippen LogP contribution in [0.5, 0.6) is 5.88 Å². The van der Waals surface area contributed by atoms with Gasteiger partial charge in [-0.25, -0.2) is 8.78 Å². The lowest BCUT2D eigenvalue weighted by atomic mass is 9.98. The first-order valence-electron chi connectivity index (χ1n) is 10.3.